The monoisotopic (exact) mass is 323 g/mol. The molecule has 0 amide bonds. The van der Waals surface area contributed by atoms with Crippen LogP contribution in [0.3, 0.4) is 0 Å². The lowest BCUT2D eigenvalue weighted by atomic mass is 10.1. The molecular weight excluding hydrogens is 313 g/mol. The van der Waals surface area contributed by atoms with E-state index in [-0.39, 0.29) is 11.3 Å². The Hall–Kier alpha value is -1.88. The van der Waals surface area contributed by atoms with Crippen LogP contribution in [0.1, 0.15) is 15.9 Å². The molecule has 2 aromatic rings. The standard InChI is InChI=1S/C14H11BrFNO2/c1-8-5-9(15)7-10(6-8)17-13-11(14(18)19)3-2-4-12(13)16/h2-7,17H,1H3,(H,18,19). The Labute approximate surface area is 118 Å². The van der Waals surface area contributed by atoms with Crippen molar-refractivity contribution in [3.05, 3.63) is 57.8 Å². The Kier molecular flexibility index (Phi) is 3.85. The first kappa shape index (κ1) is 13.5. The molecule has 0 unspecified atom stereocenters. The van der Waals surface area contributed by atoms with E-state index in [1.54, 1.807) is 6.07 Å². The predicted molar refractivity (Wildman–Crippen MR) is 75.5 cm³/mol. The van der Waals surface area contributed by atoms with Crippen LogP contribution in [0, 0.1) is 12.7 Å². The number of hydrogen-bond donors (Lipinski definition) is 2. The minimum atomic E-state index is -1.17. The van der Waals surface area contributed by atoms with Crippen molar-refractivity contribution in [2.45, 2.75) is 6.92 Å². The molecular formula is C14H11BrFNO2. The predicted octanol–water partition coefficient (Wildman–Crippen LogP) is 4.34. The van der Waals surface area contributed by atoms with Crippen LogP contribution in [0.15, 0.2) is 40.9 Å². The van der Waals surface area contributed by atoms with Crippen LogP contribution in [0.5, 0.6) is 0 Å². The summed E-state index contributed by atoms with van der Waals surface area (Å²) in [6.07, 6.45) is 0. The van der Waals surface area contributed by atoms with Crippen LogP contribution in [0.25, 0.3) is 0 Å². The van der Waals surface area contributed by atoms with Crippen LogP contribution in [0.4, 0.5) is 15.8 Å². The molecule has 2 N–H and O–H groups in total. The van der Waals surface area contributed by atoms with E-state index in [0.29, 0.717) is 5.69 Å². The Morgan fingerprint density at radius 1 is 1.32 bits per heavy atom. The third-order valence-corrected chi connectivity index (χ3v) is 3.01. The lowest BCUT2D eigenvalue weighted by molar-refractivity contribution is 0.0697. The van der Waals surface area contributed by atoms with E-state index in [1.165, 1.54) is 18.2 Å². The summed E-state index contributed by atoms with van der Waals surface area (Å²) in [6, 6.07) is 9.42. The maximum Gasteiger partial charge on any atom is 0.337 e. The Bertz CT molecular complexity index is 623. The van der Waals surface area contributed by atoms with Gasteiger partial charge >= 0.3 is 5.97 Å². The maximum atomic E-state index is 13.8. The fourth-order valence-electron chi connectivity index (χ4n) is 1.78. The third kappa shape index (κ3) is 3.12. The van der Waals surface area contributed by atoms with Crippen molar-refractivity contribution in [2.24, 2.45) is 0 Å². The normalized spacial score (nSPS) is 10.3. The molecule has 0 saturated carbocycles. The van der Waals surface area contributed by atoms with E-state index in [9.17, 15) is 9.18 Å². The number of halogens is 2. The van der Waals surface area contributed by atoms with Gasteiger partial charge in [0.1, 0.15) is 5.82 Å². The first-order valence-electron chi connectivity index (χ1n) is 5.53. The smallest absolute Gasteiger partial charge is 0.337 e. The van der Waals surface area contributed by atoms with E-state index in [2.05, 4.69) is 21.2 Å². The second-order valence-corrected chi connectivity index (χ2v) is 5.03. The van der Waals surface area contributed by atoms with Gasteiger partial charge in [-0.3, -0.25) is 0 Å². The topological polar surface area (TPSA) is 49.3 Å². The van der Waals surface area contributed by atoms with Crippen molar-refractivity contribution in [3.63, 3.8) is 0 Å². The van der Waals surface area contributed by atoms with Gasteiger partial charge in [-0.15, -0.1) is 0 Å². The summed E-state index contributed by atoms with van der Waals surface area (Å²) in [5.74, 6) is -1.77. The number of para-hydroxylation sites is 1. The molecule has 2 aromatic carbocycles. The minimum absolute atomic E-state index is 0.0347. The maximum absolute atomic E-state index is 13.8. The van der Waals surface area contributed by atoms with Crippen molar-refractivity contribution in [3.8, 4) is 0 Å². The van der Waals surface area contributed by atoms with Gasteiger partial charge in [-0.25, -0.2) is 9.18 Å². The molecule has 3 nitrogen and oxygen atoms in total. The van der Waals surface area contributed by atoms with E-state index in [1.807, 2.05) is 19.1 Å². The number of aromatic carboxylic acids is 1. The lowest BCUT2D eigenvalue weighted by Gasteiger charge is -2.11. The number of benzene rings is 2. The summed E-state index contributed by atoms with van der Waals surface area (Å²) in [5, 5.41) is 11.9. The van der Waals surface area contributed by atoms with Crippen molar-refractivity contribution in [2.75, 3.05) is 5.32 Å². The summed E-state index contributed by atoms with van der Waals surface area (Å²) in [6.45, 7) is 1.90. The fraction of sp³-hybridized carbons (Fsp3) is 0.0714. The number of rotatable bonds is 3. The van der Waals surface area contributed by atoms with Gasteiger partial charge in [0.25, 0.3) is 0 Å². The number of nitrogens with one attached hydrogen (secondary N) is 1. The Balaban J connectivity index is 2.45. The van der Waals surface area contributed by atoms with Gasteiger partial charge in [-0.2, -0.15) is 0 Å². The summed E-state index contributed by atoms with van der Waals surface area (Å²) in [7, 11) is 0. The highest BCUT2D eigenvalue weighted by Crippen LogP contribution is 2.27. The quantitative estimate of drug-likeness (QED) is 0.883. The lowest BCUT2D eigenvalue weighted by Crippen LogP contribution is -2.05. The molecule has 19 heavy (non-hydrogen) atoms. The molecule has 0 spiro atoms. The zero-order valence-electron chi connectivity index (χ0n) is 10.1. The number of hydrogen-bond acceptors (Lipinski definition) is 2. The summed E-state index contributed by atoms with van der Waals surface area (Å²) < 4.78 is 14.6. The van der Waals surface area contributed by atoms with Crippen LogP contribution >= 0.6 is 15.9 Å². The third-order valence-electron chi connectivity index (χ3n) is 2.56. The molecule has 5 heteroatoms. The molecule has 0 aliphatic heterocycles. The largest absolute Gasteiger partial charge is 0.478 e. The average molecular weight is 324 g/mol. The van der Waals surface area contributed by atoms with E-state index in [0.717, 1.165) is 10.0 Å². The summed E-state index contributed by atoms with van der Waals surface area (Å²) >= 11 is 3.34. The van der Waals surface area contributed by atoms with Gasteiger partial charge in [0, 0.05) is 10.2 Å². The molecule has 98 valence electrons. The highest BCUT2D eigenvalue weighted by molar-refractivity contribution is 9.10. The SMILES string of the molecule is Cc1cc(Br)cc(Nc2c(F)cccc2C(=O)O)c1. The van der Waals surface area contributed by atoms with Crippen LogP contribution in [-0.4, -0.2) is 11.1 Å². The van der Waals surface area contributed by atoms with Crippen molar-refractivity contribution < 1.29 is 14.3 Å². The highest BCUT2D eigenvalue weighted by atomic mass is 79.9. The summed E-state index contributed by atoms with van der Waals surface area (Å²) in [5.41, 5.74) is 1.47. The molecule has 2 rings (SSSR count). The molecule has 0 fully saturated rings. The first-order chi connectivity index (χ1) is 8.97. The van der Waals surface area contributed by atoms with Crippen molar-refractivity contribution in [1.29, 1.82) is 0 Å². The first-order valence-corrected chi connectivity index (χ1v) is 6.32. The number of carboxylic acids is 1. The van der Waals surface area contributed by atoms with Crippen molar-refractivity contribution >= 4 is 33.3 Å². The number of aryl methyl sites for hydroxylation is 1. The van der Waals surface area contributed by atoms with Gasteiger partial charge in [0.05, 0.1) is 11.3 Å². The van der Waals surface area contributed by atoms with Crippen molar-refractivity contribution in [1.82, 2.24) is 0 Å². The molecule has 0 aliphatic rings. The Morgan fingerprint density at radius 3 is 2.68 bits per heavy atom. The molecule has 0 aromatic heterocycles. The van der Waals surface area contributed by atoms with Gasteiger partial charge in [0.15, 0.2) is 0 Å². The van der Waals surface area contributed by atoms with Crippen LogP contribution in [0.2, 0.25) is 0 Å². The van der Waals surface area contributed by atoms with Crippen LogP contribution in [-0.2, 0) is 0 Å². The average Bonchev–Trinajstić information content (AvgIpc) is 2.30. The van der Waals surface area contributed by atoms with Gasteiger partial charge in [-0.05, 0) is 42.8 Å². The second kappa shape index (κ2) is 5.40. The highest BCUT2D eigenvalue weighted by Gasteiger charge is 2.14. The molecule has 0 atom stereocenters. The minimum Gasteiger partial charge on any atom is -0.478 e. The van der Waals surface area contributed by atoms with Gasteiger partial charge < -0.3 is 10.4 Å². The van der Waals surface area contributed by atoms with E-state index >= 15 is 0 Å². The van der Waals surface area contributed by atoms with E-state index in [4.69, 9.17) is 5.11 Å². The zero-order chi connectivity index (χ0) is 14.0. The van der Waals surface area contributed by atoms with Gasteiger partial charge in [-0.1, -0.05) is 22.0 Å². The molecule has 0 bridgehead atoms. The molecule has 0 heterocycles. The number of carboxylic acid groups (broad SMARTS) is 1. The summed E-state index contributed by atoms with van der Waals surface area (Å²) in [4.78, 5) is 11.1. The number of anilines is 2. The van der Waals surface area contributed by atoms with Crippen LogP contribution < -0.4 is 5.32 Å². The Morgan fingerprint density at radius 2 is 2.05 bits per heavy atom. The van der Waals surface area contributed by atoms with E-state index < -0.39 is 11.8 Å². The number of carbonyl (C=O) groups is 1. The zero-order valence-corrected chi connectivity index (χ0v) is 11.7. The fourth-order valence-corrected chi connectivity index (χ4v) is 2.39. The molecule has 0 aliphatic carbocycles. The molecule has 0 radical (unpaired) electrons. The molecule has 0 saturated heterocycles. The van der Waals surface area contributed by atoms with Gasteiger partial charge in [0.2, 0.25) is 0 Å². The second-order valence-electron chi connectivity index (χ2n) is 4.11.